The van der Waals surface area contributed by atoms with Crippen LogP contribution in [0.3, 0.4) is 0 Å². The summed E-state index contributed by atoms with van der Waals surface area (Å²) >= 11 is 5.98. The van der Waals surface area contributed by atoms with Crippen molar-refractivity contribution in [1.29, 1.82) is 0 Å². The van der Waals surface area contributed by atoms with Crippen molar-refractivity contribution >= 4 is 28.4 Å². The maximum absolute atomic E-state index is 13.2. The molecule has 1 atom stereocenters. The van der Waals surface area contributed by atoms with Crippen LogP contribution >= 0.6 is 11.6 Å². The molecule has 0 aliphatic rings. The molecule has 0 aliphatic carbocycles. The first-order valence-corrected chi connectivity index (χ1v) is 9.87. The third-order valence-corrected chi connectivity index (χ3v) is 5.28. The zero-order valence-electron chi connectivity index (χ0n) is 16.4. The minimum Gasteiger partial charge on any atom is -0.361 e. The summed E-state index contributed by atoms with van der Waals surface area (Å²) in [4.78, 5) is 15.8. The smallest absolute Gasteiger partial charge is 0.361 e. The SMILES string of the molecule is CC(C(=O)NCc1cc(C(F)(F)F)nn1-c1cccc(Cl)c1)c1ccc2[nH]ccc2c1. The van der Waals surface area contributed by atoms with Gasteiger partial charge in [-0.3, -0.25) is 4.79 Å². The van der Waals surface area contributed by atoms with Gasteiger partial charge in [0.15, 0.2) is 5.69 Å². The Labute approximate surface area is 180 Å². The molecule has 31 heavy (non-hydrogen) atoms. The van der Waals surface area contributed by atoms with Crippen LogP contribution in [0.2, 0.25) is 5.02 Å². The predicted octanol–water partition coefficient (Wildman–Crippen LogP) is 5.45. The van der Waals surface area contributed by atoms with Crippen molar-refractivity contribution in [3.63, 3.8) is 0 Å². The second-order valence-electron chi connectivity index (χ2n) is 7.17. The lowest BCUT2D eigenvalue weighted by molar-refractivity contribution is -0.141. The zero-order valence-corrected chi connectivity index (χ0v) is 17.1. The molecule has 0 saturated heterocycles. The third kappa shape index (κ3) is 4.44. The number of amides is 1. The number of H-pyrrole nitrogens is 1. The van der Waals surface area contributed by atoms with Gasteiger partial charge in [-0.05, 0) is 60.3 Å². The minimum atomic E-state index is -4.61. The Morgan fingerprint density at radius 2 is 2.00 bits per heavy atom. The number of rotatable bonds is 5. The molecule has 0 aliphatic heterocycles. The lowest BCUT2D eigenvalue weighted by atomic mass is 9.99. The number of nitrogens with zero attached hydrogens (tertiary/aromatic N) is 2. The molecule has 0 saturated carbocycles. The molecule has 2 N–H and O–H groups in total. The Morgan fingerprint density at radius 3 is 2.74 bits per heavy atom. The summed E-state index contributed by atoms with van der Waals surface area (Å²) in [7, 11) is 0. The van der Waals surface area contributed by atoms with Gasteiger partial charge in [0.05, 0.1) is 23.8 Å². The van der Waals surface area contributed by atoms with Crippen molar-refractivity contribution in [2.75, 3.05) is 0 Å². The van der Waals surface area contributed by atoms with Crippen LogP contribution in [-0.2, 0) is 17.5 Å². The molecule has 4 aromatic rings. The first-order valence-electron chi connectivity index (χ1n) is 9.49. The highest BCUT2D eigenvalue weighted by molar-refractivity contribution is 6.30. The molecule has 0 fully saturated rings. The highest BCUT2D eigenvalue weighted by Gasteiger charge is 2.35. The first kappa shape index (κ1) is 21.0. The lowest BCUT2D eigenvalue weighted by Crippen LogP contribution is -2.28. The fourth-order valence-electron chi connectivity index (χ4n) is 3.34. The van der Waals surface area contributed by atoms with Crippen LogP contribution in [0.4, 0.5) is 13.2 Å². The molecular formula is C22H18ClF3N4O. The summed E-state index contributed by atoms with van der Waals surface area (Å²) in [6.07, 6.45) is -2.80. The number of hydrogen-bond acceptors (Lipinski definition) is 2. The largest absolute Gasteiger partial charge is 0.435 e. The van der Waals surface area contributed by atoms with E-state index in [1.165, 1.54) is 6.07 Å². The molecule has 4 rings (SSSR count). The number of hydrogen-bond donors (Lipinski definition) is 2. The van der Waals surface area contributed by atoms with E-state index in [1.54, 1.807) is 25.1 Å². The van der Waals surface area contributed by atoms with E-state index < -0.39 is 17.8 Å². The number of alkyl halides is 3. The Balaban J connectivity index is 1.56. The lowest BCUT2D eigenvalue weighted by Gasteiger charge is -2.14. The summed E-state index contributed by atoms with van der Waals surface area (Å²) in [6.45, 7) is 1.63. The van der Waals surface area contributed by atoms with Crippen LogP contribution in [-0.4, -0.2) is 20.7 Å². The van der Waals surface area contributed by atoms with Crippen LogP contribution in [0.25, 0.3) is 16.6 Å². The van der Waals surface area contributed by atoms with Gasteiger partial charge in [0.1, 0.15) is 0 Å². The molecule has 5 nitrogen and oxygen atoms in total. The number of halogens is 4. The predicted molar refractivity (Wildman–Crippen MR) is 112 cm³/mol. The molecule has 160 valence electrons. The highest BCUT2D eigenvalue weighted by atomic mass is 35.5. The molecule has 0 radical (unpaired) electrons. The maximum atomic E-state index is 13.2. The summed E-state index contributed by atoms with van der Waals surface area (Å²) in [6, 6.07) is 14.8. The van der Waals surface area contributed by atoms with E-state index >= 15 is 0 Å². The van der Waals surface area contributed by atoms with Crippen LogP contribution < -0.4 is 5.32 Å². The van der Waals surface area contributed by atoms with Crippen LogP contribution in [0.15, 0.2) is 60.8 Å². The monoisotopic (exact) mass is 446 g/mol. The number of fused-ring (bicyclic) bond motifs is 1. The highest BCUT2D eigenvalue weighted by Crippen LogP contribution is 2.30. The van der Waals surface area contributed by atoms with Crippen molar-refractivity contribution in [2.24, 2.45) is 0 Å². The Hall–Kier alpha value is -3.26. The Kier molecular flexibility index (Phi) is 5.49. The molecule has 2 aromatic carbocycles. The quantitative estimate of drug-likeness (QED) is 0.428. The molecular weight excluding hydrogens is 429 g/mol. The number of benzene rings is 2. The summed E-state index contributed by atoms with van der Waals surface area (Å²) in [5.41, 5.74) is 1.29. The molecule has 2 heterocycles. The van der Waals surface area contributed by atoms with Crippen molar-refractivity contribution in [1.82, 2.24) is 20.1 Å². The number of aromatic amines is 1. The van der Waals surface area contributed by atoms with Gasteiger partial charge in [-0.25, -0.2) is 4.68 Å². The Morgan fingerprint density at radius 1 is 1.19 bits per heavy atom. The number of carbonyl (C=O) groups is 1. The third-order valence-electron chi connectivity index (χ3n) is 5.04. The molecule has 1 unspecified atom stereocenters. The average Bonchev–Trinajstić information content (AvgIpc) is 3.37. The molecule has 0 bridgehead atoms. The second-order valence-corrected chi connectivity index (χ2v) is 7.61. The first-order chi connectivity index (χ1) is 14.7. The van der Waals surface area contributed by atoms with E-state index in [0.717, 1.165) is 27.2 Å². The fraction of sp³-hybridized carbons (Fsp3) is 0.182. The van der Waals surface area contributed by atoms with Gasteiger partial charge < -0.3 is 10.3 Å². The van der Waals surface area contributed by atoms with Crippen LogP contribution in [0, 0.1) is 0 Å². The Bertz CT molecular complexity index is 1250. The van der Waals surface area contributed by atoms with Gasteiger partial charge in [-0.15, -0.1) is 0 Å². The summed E-state index contributed by atoms with van der Waals surface area (Å²) < 4.78 is 40.8. The average molecular weight is 447 g/mol. The van der Waals surface area contributed by atoms with Crippen LogP contribution in [0.1, 0.15) is 29.8 Å². The summed E-state index contributed by atoms with van der Waals surface area (Å²) in [5.74, 6) is -0.786. The molecule has 2 aromatic heterocycles. The minimum absolute atomic E-state index is 0.120. The van der Waals surface area contributed by atoms with Crippen LogP contribution in [0.5, 0.6) is 0 Å². The maximum Gasteiger partial charge on any atom is 0.435 e. The van der Waals surface area contributed by atoms with Gasteiger partial charge in [0.2, 0.25) is 5.91 Å². The van der Waals surface area contributed by atoms with Gasteiger partial charge in [0.25, 0.3) is 0 Å². The zero-order chi connectivity index (χ0) is 22.2. The van der Waals surface area contributed by atoms with Crippen molar-refractivity contribution in [3.8, 4) is 5.69 Å². The van der Waals surface area contributed by atoms with E-state index in [-0.39, 0.29) is 18.1 Å². The van der Waals surface area contributed by atoms with Crippen molar-refractivity contribution in [2.45, 2.75) is 25.6 Å². The van der Waals surface area contributed by atoms with Crippen molar-refractivity contribution in [3.05, 3.63) is 82.8 Å². The number of carbonyl (C=O) groups excluding carboxylic acids is 1. The topological polar surface area (TPSA) is 62.7 Å². The van der Waals surface area contributed by atoms with E-state index in [4.69, 9.17) is 11.6 Å². The van der Waals surface area contributed by atoms with Gasteiger partial charge in [0, 0.05) is 16.7 Å². The molecule has 0 spiro atoms. The van der Waals surface area contributed by atoms with Gasteiger partial charge in [-0.2, -0.15) is 18.3 Å². The van der Waals surface area contributed by atoms with E-state index in [2.05, 4.69) is 15.4 Å². The number of nitrogens with one attached hydrogen (secondary N) is 2. The fourth-order valence-corrected chi connectivity index (χ4v) is 3.52. The van der Waals surface area contributed by atoms with Crippen molar-refractivity contribution < 1.29 is 18.0 Å². The standard InChI is InChI=1S/C22H18ClF3N4O/c1-13(14-5-6-19-15(9-14)7-8-27-19)21(31)28-12-18-11-20(22(24,25)26)29-30(18)17-4-2-3-16(23)10-17/h2-11,13,27H,12H2,1H3,(H,28,31). The van der Waals surface area contributed by atoms with E-state index in [9.17, 15) is 18.0 Å². The second kappa shape index (κ2) is 8.11. The van der Waals surface area contributed by atoms with Gasteiger partial charge in [-0.1, -0.05) is 23.7 Å². The molecule has 1 amide bonds. The van der Waals surface area contributed by atoms with E-state index in [1.807, 2.05) is 30.5 Å². The molecule has 9 heteroatoms. The van der Waals surface area contributed by atoms with E-state index in [0.29, 0.717) is 10.7 Å². The normalized spacial score (nSPS) is 12.8. The number of aromatic nitrogens is 3. The summed E-state index contributed by atoms with van der Waals surface area (Å²) in [5, 5.41) is 7.74. The van der Waals surface area contributed by atoms with Gasteiger partial charge >= 0.3 is 6.18 Å².